The highest BCUT2D eigenvalue weighted by atomic mass is 27.2. The van der Waals surface area contributed by atoms with Gasteiger partial charge < -0.3 is 7.58 Å². The molecule has 161 valence electrons. The van der Waals surface area contributed by atoms with Gasteiger partial charge in [0.15, 0.2) is 5.75 Å². The summed E-state index contributed by atoms with van der Waals surface area (Å²) in [7, 11) is 0. The molecule has 0 aliphatic heterocycles. The molecule has 0 N–H and O–H groups in total. The van der Waals surface area contributed by atoms with Crippen molar-refractivity contribution in [3.63, 3.8) is 0 Å². The first-order valence-electron chi connectivity index (χ1n) is 10.8. The van der Waals surface area contributed by atoms with Crippen LogP contribution in [0.4, 0.5) is 0 Å². The summed E-state index contributed by atoms with van der Waals surface area (Å²) in [4.78, 5) is 15.2. The predicted molar refractivity (Wildman–Crippen MR) is 131 cm³/mol. The summed E-state index contributed by atoms with van der Waals surface area (Å²) in [5.74, 6) is 2.05. The molecule has 6 aromatic rings. The molecule has 0 saturated carbocycles. The first kappa shape index (κ1) is 20.4. The van der Waals surface area contributed by atoms with Gasteiger partial charge in [0.05, 0.1) is 5.39 Å². The highest BCUT2D eigenvalue weighted by Gasteiger charge is 2.20. The summed E-state index contributed by atoms with van der Waals surface area (Å²) in [5, 5.41) is 3.03. The molecule has 34 heavy (non-hydrogen) atoms. The summed E-state index contributed by atoms with van der Waals surface area (Å²) in [6.45, 7) is 0. The molecule has 3 aromatic heterocycles. The number of para-hydroxylation sites is 3. The minimum atomic E-state index is -0.831. The third-order valence-corrected chi connectivity index (χ3v) is 6.19. The number of hydrogen-bond acceptors (Lipinski definition) is 5. The van der Waals surface area contributed by atoms with E-state index in [-0.39, 0.29) is 0 Å². The van der Waals surface area contributed by atoms with Crippen molar-refractivity contribution in [1.82, 2.24) is 9.97 Å². The fourth-order valence-corrected chi connectivity index (χ4v) is 4.57. The molecule has 0 amide bonds. The van der Waals surface area contributed by atoms with Crippen LogP contribution in [0.3, 0.4) is 0 Å². The fourth-order valence-electron chi connectivity index (χ4n) is 3.94. The SMILES string of the molecule is c1cnc2c([O][Al][O]c3cccc4ccc[n+](Oc5cccc6cccnc56)c34)cccc2c1. The first-order chi connectivity index (χ1) is 16.9. The number of fused-ring (bicyclic) bond motifs is 3. The van der Waals surface area contributed by atoms with Crippen LogP contribution in [0.15, 0.2) is 110 Å². The van der Waals surface area contributed by atoms with Gasteiger partial charge in [-0.2, -0.15) is 0 Å². The first-order valence-corrected chi connectivity index (χ1v) is 11.8. The normalized spacial score (nSPS) is 10.9. The third kappa shape index (κ3) is 3.88. The molecule has 0 saturated heterocycles. The smallest absolute Gasteiger partial charge is 0.614 e. The number of pyridine rings is 3. The predicted octanol–water partition coefficient (Wildman–Crippen LogP) is 5.06. The zero-order chi connectivity index (χ0) is 22.7. The summed E-state index contributed by atoms with van der Waals surface area (Å²) < 4.78 is 13.9. The maximum atomic E-state index is 6.30. The summed E-state index contributed by atoms with van der Waals surface area (Å²) in [6, 6.07) is 29.5. The Bertz CT molecular complexity index is 1630. The Morgan fingerprint density at radius 3 is 1.88 bits per heavy atom. The van der Waals surface area contributed by atoms with E-state index in [9.17, 15) is 0 Å². The zero-order valence-electron chi connectivity index (χ0n) is 18.0. The van der Waals surface area contributed by atoms with Crippen molar-refractivity contribution in [2.45, 2.75) is 0 Å². The van der Waals surface area contributed by atoms with Gasteiger partial charge >= 0.3 is 21.4 Å². The molecule has 0 aliphatic rings. The lowest BCUT2D eigenvalue weighted by Crippen LogP contribution is -2.40. The van der Waals surface area contributed by atoms with Gasteiger partial charge in [-0.25, -0.2) is 4.84 Å². The quantitative estimate of drug-likeness (QED) is 0.258. The Morgan fingerprint density at radius 1 is 0.559 bits per heavy atom. The minimum Gasteiger partial charge on any atom is -0.614 e. The molecule has 7 heteroatoms. The second-order valence-corrected chi connectivity index (χ2v) is 8.28. The molecule has 3 aromatic carbocycles. The van der Waals surface area contributed by atoms with Gasteiger partial charge in [-0.3, -0.25) is 9.97 Å². The minimum absolute atomic E-state index is 0.663. The lowest BCUT2D eigenvalue weighted by atomic mass is 10.2. The van der Waals surface area contributed by atoms with E-state index < -0.39 is 15.9 Å². The van der Waals surface area contributed by atoms with E-state index in [1.165, 1.54) is 0 Å². The third-order valence-electron chi connectivity index (χ3n) is 5.49. The van der Waals surface area contributed by atoms with Gasteiger partial charge in [-0.1, -0.05) is 42.5 Å². The number of rotatable bonds is 6. The second kappa shape index (κ2) is 8.99. The van der Waals surface area contributed by atoms with Gasteiger partial charge in [0, 0.05) is 34.0 Å². The average Bonchev–Trinajstić information content (AvgIpc) is 2.89. The molecule has 1 radical (unpaired) electrons. The van der Waals surface area contributed by atoms with Crippen LogP contribution in [-0.4, -0.2) is 25.9 Å². The van der Waals surface area contributed by atoms with E-state index in [1.807, 2.05) is 97.2 Å². The van der Waals surface area contributed by atoms with Crippen molar-refractivity contribution in [2.24, 2.45) is 0 Å². The number of benzene rings is 3. The van der Waals surface area contributed by atoms with Crippen molar-refractivity contribution >= 4 is 48.6 Å². The molecule has 0 spiro atoms. The Morgan fingerprint density at radius 2 is 1.12 bits per heavy atom. The molecule has 0 unspecified atom stereocenters. The van der Waals surface area contributed by atoms with Crippen LogP contribution < -0.4 is 17.1 Å². The van der Waals surface area contributed by atoms with Crippen molar-refractivity contribution in [2.75, 3.05) is 0 Å². The van der Waals surface area contributed by atoms with Gasteiger partial charge in [0.1, 0.15) is 16.8 Å². The van der Waals surface area contributed by atoms with E-state index in [2.05, 4.69) is 9.97 Å². The van der Waals surface area contributed by atoms with Gasteiger partial charge in [0.25, 0.3) is 0 Å². The van der Waals surface area contributed by atoms with Crippen molar-refractivity contribution in [3.05, 3.63) is 110 Å². The van der Waals surface area contributed by atoms with Crippen molar-refractivity contribution < 1.29 is 17.1 Å². The standard InChI is InChI=1S/C18H12N2O2.C9H7NO.Al/c21-15-9-1-6-14-8-4-12-20(18(14)15)22-16-10-2-5-13-7-3-11-19-17(13)16;11-8-5-1-3-7-4-2-6-10-9(7)8;/h1-12H;1-6,11H;/q;;+2/p-1. The van der Waals surface area contributed by atoms with E-state index in [0.717, 1.165) is 32.7 Å². The zero-order valence-corrected chi connectivity index (χ0v) is 19.2. The lowest BCUT2D eigenvalue weighted by molar-refractivity contribution is -0.854. The topological polar surface area (TPSA) is 57.4 Å². The number of nitrogens with zero attached hydrogens (tertiary/aromatic N) is 3. The average molecular weight is 459 g/mol. The number of hydrogen-bond donors (Lipinski definition) is 0. The molecule has 0 bridgehead atoms. The van der Waals surface area contributed by atoms with Gasteiger partial charge in [0.2, 0.25) is 11.9 Å². The van der Waals surface area contributed by atoms with E-state index in [4.69, 9.17) is 12.4 Å². The van der Waals surface area contributed by atoms with Crippen LogP contribution >= 0.6 is 0 Å². The number of aromatic nitrogens is 3. The van der Waals surface area contributed by atoms with Crippen LogP contribution in [-0.2, 0) is 0 Å². The summed E-state index contributed by atoms with van der Waals surface area (Å²) in [6.07, 6.45) is 5.39. The lowest BCUT2D eigenvalue weighted by Gasteiger charge is -2.11. The van der Waals surface area contributed by atoms with E-state index in [0.29, 0.717) is 17.2 Å². The van der Waals surface area contributed by atoms with Gasteiger partial charge in [-0.05, 0) is 42.5 Å². The highest BCUT2D eigenvalue weighted by molar-refractivity contribution is 6.21. The Kier molecular flexibility index (Phi) is 5.40. The highest BCUT2D eigenvalue weighted by Crippen LogP contribution is 2.26. The van der Waals surface area contributed by atoms with Crippen LogP contribution in [0.2, 0.25) is 0 Å². The molecule has 0 fully saturated rings. The maximum absolute atomic E-state index is 6.30. The molecule has 6 rings (SSSR count). The molecule has 0 aliphatic carbocycles. The molecular weight excluding hydrogens is 441 g/mol. The molecule has 3 heterocycles. The van der Waals surface area contributed by atoms with E-state index in [1.54, 1.807) is 17.1 Å². The fraction of sp³-hybridized carbons (Fsp3) is 0. The molecular formula is C27H18AlN3O3+. The monoisotopic (exact) mass is 459 g/mol. The van der Waals surface area contributed by atoms with E-state index >= 15 is 0 Å². The maximum Gasteiger partial charge on any atom is 0.882 e. The molecule has 6 nitrogen and oxygen atoms in total. The van der Waals surface area contributed by atoms with Gasteiger partial charge in [-0.15, -0.1) is 0 Å². The summed E-state index contributed by atoms with van der Waals surface area (Å²) in [5.41, 5.74) is 2.43. The molecule has 0 atom stereocenters. The Labute approximate surface area is 202 Å². The summed E-state index contributed by atoms with van der Waals surface area (Å²) >= 11 is -0.831. The Balaban J connectivity index is 1.31. The second-order valence-electron chi connectivity index (χ2n) is 7.61. The largest absolute Gasteiger partial charge is 0.882 e. The van der Waals surface area contributed by atoms with Crippen LogP contribution in [0.5, 0.6) is 17.2 Å². The van der Waals surface area contributed by atoms with Crippen molar-refractivity contribution in [3.8, 4) is 17.2 Å². The van der Waals surface area contributed by atoms with Crippen LogP contribution in [0.1, 0.15) is 0 Å². The van der Waals surface area contributed by atoms with Crippen molar-refractivity contribution in [1.29, 1.82) is 0 Å². The Hall–Kier alpha value is -4.18. The van der Waals surface area contributed by atoms with Crippen LogP contribution in [0, 0.1) is 0 Å². The van der Waals surface area contributed by atoms with Crippen LogP contribution in [0.25, 0.3) is 32.7 Å².